The molecule has 1 atom stereocenters. The molecule has 0 amide bonds. The number of aliphatic carboxylic acids is 1. The van der Waals surface area contributed by atoms with E-state index >= 15 is 0 Å². The third-order valence-corrected chi connectivity index (χ3v) is 2.85. The monoisotopic (exact) mass is 227 g/mol. The SMILES string of the molecule is Nc1cccc(SCC(O)CC(=O)O)c1. The van der Waals surface area contributed by atoms with Gasteiger partial charge in [-0.25, -0.2) is 0 Å². The Bertz CT molecular complexity index is 343. The predicted octanol–water partition coefficient (Wildman–Crippen LogP) is 1.20. The minimum Gasteiger partial charge on any atom is -0.481 e. The van der Waals surface area contributed by atoms with E-state index in [1.54, 1.807) is 12.1 Å². The number of thioether (sulfide) groups is 1. The number of carbonyl (C=O) groups is 1. The number of aliphatic hydroxyl groups excluding tert-OH is 1. The minimum absolute atomic E-state index is 0.227. The van der Waals surface area contributed by atoms with Gasteiger partial charge in [0.05, 0.1) is 12.5 Å². The van der Waals surface area contributed by atoms with Crippen LogP contribution in [-0.4, -0.2) is 28.0 Å². The van der Waals surface area contributed by atoms with E-state index in [1.807, 2.05) is 12.1 Å². The van der Waals surface area contributed by atoms with Gasteiger partial charge in [0.2, 0.25) is 0 Å². The van der Waals surface area contributed by atoms with E-state index in [9.17, 15) is 9.90 Å². The second kappa shape index (κ2) is 5.63. The molecule has 82 valence electrons. The molecule has 0 saturated carbocycles. The molecule has 0 bridgehead atoms. The molecular weight excluding hydrogens is 214 g/mol. The Morgan fingerprint density at radius 2 is 2.27 bits per heavy atom. The van der Waals surface area contributed by atoms with Crippen LogP contribution in [0.15, 0.2) is 29.2 Å². The molecular formula is C10H13NO3S. The topological polar surface area (TPSA) is 83.5 Å². The van der Waals surface area contributed by atoms with Crippen molar-refractivity contribution in [2.45, 2.75) is 17.4 Å². The number of hydrogen-bond acceptors (Lipinski definition) is 4. The quantitative estimate of drug-likeness (QED) is 0.520. The summed E-state index contributed by atoms with van der Waals surface area (Å²) in [5.74, 6) is -0.633. The molecule has 0 radical (unpaired) electrons. The van der Waals surface area contributed by atoms with Crippen molar-refractivity contribution in [3.8, 4) is 0 Å². The number of rotatable bonds is 5. The molecule has 5 heteroatoms. The van der Waals surface area contributed by atoms with Gasteiger partial charge in [-0.05, 0) is 18.2 Å². The second-order valence-corrected chi connectivity index (χ2v) is 4.23. The van der Waals surface area contributed by atoms with Crippen LogP contribution in [0, 0.1) is 0 Å². The van der Waals surface area contributed by atoms with Crippen molar-refractivity contribution in [3.63, 3.8) is 0 Å². The Hall–Kier alpha value is -1.20. The molecule has 1 unspecified atom stereocenters. The van der Waals surface area contributed by atoms with E-state index < -0.39 is 12.1 Å². The Morgan fingerprint density at radius 3 is 2.87 bits per heavy atom. The van der Waals surface area contributed by atoms with Crippen LogP contribution in [0.4, 0.5) is 5.69 Å². The molecule has 0 aliphatic rings. The molecule has 0 spiro atoms. The fourth-order valence-electron chi connectivity index (χ4n) is 1.06. The predicted molar refractivity (Wildman–Crippen MR) is 59.8 cm³/mol. The molecule has 0 aliphatic carbocycles. The minimum atomic E-state index is -0.990. The summed E-state index contributed by atoms with van der Waals surface area (Å²) in [4.78, 5) is 11.2. The average molecular weight is 227 g/mol. The van der Waals surface area contributed by atoms with Crippen molar-refractivity contribution < 1.29 is 15.0 Å². The first-order valence-electron chi connectivity index (χ1n) is 4.46. The Labute approximate surface area is 92.1 Å². The molecule has 0 aromatic heterocycles. The Balaban J connectivity index is 2.40. The van der Waals surface area contributed by atoms with Gasteiger partial charge in [-0.15, -0.1) is 11.8 Å². The van der Waals surface area contributed by atoms with Crippen molar-refractivity contribution in [3.05, 3.63) is 24.3 Å². The van der Waals surface area contributed by atoms with E-state index in [-0.39, 0.29) is 6.42 Å². The molecule has 4 nitrogen and oxygen atoms in total. The smallest absolute Gasteiger partial charge is 0.306 e. The van der Waals surface area contributed by atoms with Gasteiger partial charge in [-0.2, -0.15) is 0 Å². The summed E-state index contributed by atoms with van der Waals surface area (Å²) in [6, 6.07) is 7.26. The molecule has 1 aromatic rings. The highest BCUT2D eigenvalue weighted by Gasteiger charge is 2.09. The van der Waals surface area contributed by atoms with Gasteiger partial charge in [-0.1, -0.05) is 6.07 Å². The number of nitrogen functional groups attached to an aromatic ring is 1. The zero-order valence-corrected chi connectivity index (χ0v) is 8.91. The van der Waals surface area contributed by atoms with E-state index in [0.29, 0.717) is 11.4 Å². The zero-order chi connectivity index (χ0) is 11.3. The van der Waals surface area contributed by atoms with E-state index in [0.717, 1.165) is 4.90 Å². The van der Waals surface area contributed by atoms with Crippen LogP contribution in [0.3, 0.4) is 0 Å². The standard InChI is InChI=1S/C10H13NO3S/c11-7-2-1-3-9(4-7)15-6-8(12)5-10(13)14/h1-4,8,12H,5-6,11H2,(H,13,14). The van der Waals surface area contributed by atoms with Crippen LogP contribution >= 0.6 is 11.8 Å². The summed E-state index contributed by atoms with van der Waals surface area (Å²) >= 11 is 1.39. The summed E-state index contributed by atoms with van der Waals surface area (Å²) in [6.07, 6.45) is -1.05. The highest BCUT2D eigenvalue weighted by molar-refractivity contribution is 7.99. The average Bonchev–Trinajstić information content (AvgIpc) is 2.14. The number of hydrogen-bond donors (Lipinski definition) is 3. The van der Waals surface area contributed by atoms with Crippen LogP contribution in [0.25, 0.3) is 0 Å². The number of aliphatic hydroxyl groups is 1. The van der Waals surface area contributed by atoms with Crippen LogP contribution in [0.5, 0.6) is 0 Å². The van der Waals surface area contributed by atoms with Gasteiger partial charge >= 0.3 is 5.97 Å². The summed E-state index contributed by atoms with van der Waals surface area (Å²) in [6.45, 7) is 0. The molecule has 1 rings (SSSR count). The van der Waals surface area contributed by atoms with Crippen LogP contribution in [0.1, 0.15) is 6.42 Å². The first kappa shape index (κ1) is 11.9. The maximum absolute atomic E-state index is 10.3. The lowest BCUT2D eigenvalue weighted by atomic mass is 10.3. The number of nitrogens with two attached hydrogens (primary N) is 1. The zero-order valence-electron chi connectivity index (χ0n) is 8.09. The van der Waals surface area contributed by atoms with Gasteiger partial charge in [0, 0.05) is 16.3 Å². The summed E-state index contributed by atoms with van der Waals surface area (Å²) in [7, 11) is 0. The molecule has 0 aliphatic heterocycles. The van der Waals surface area contributed by atoms with Crippen LogP contribution < -0.4 is 5.73 Å². The summed E-state index contributed by atoms with van der Waals surface area (Å²) in [5, 5.41) is 17.8. The van der Waals surface area contributed by atoms with E-state index in [2.05, 4.69) is 0 Å². The lowest BCUT2D eigenvalue weighted by molar-refractivity contribution is -0.138. The third kappa shape index (κ3) is 4.71. The molecule has 4 N–H and O–H groups in total. The van der Waals surface area contributed by atoms with Gasteiger partial charge in [-0.3, -0.25) is 4.79 Å². The highest BCUT2D eigenvalue weighted by Crippen LogP contribution is 2.21. The van der Waals surface area contributed by atoms with E-state index in [1.165, 1.54) is 11.8 Å². The fraction of sp³-hybridized carbons (Fsp3) is 0.300. The maximum atomic E-state index is 10.3. The molecule has 1 aromatic carbocycles. The largest absolute Gasteiger partial charge is 0.481 e. The maximum Gasteiger partial charge on any atom is 0.306 e. The van der Waals surface area contributed by atoms with Crippen molar-refractivity contribution in [2.24, 2.45) is 0 Å². The number of anilines is 1. The van der Waals surface area contributed by atoms with Crippen molar-refractivity contribution in [2.75, 3.05) is 11.5 Å². The normalized spacial score (nSPS) is 12.3. The summed E-state index contributed by atoms with van der Waals surface area (Å²) < 4.78 is 0. The first-order valence-corrected chi connectivity index (χ1v) is 5.44. The third-order valence-electron chi connectivity index (χ3n) is 1.71. The number of carboxylic acids is 1. The second-order valence-electron chi connectivity index (χ2n) is 3.14. The van der Waals surface area contributed by atoms with Gasteiger partial charge < -0.3 is 15.9 Å². The van der Waals surface area contributed by atoms with Crippen molar-refractivity contribution in [1.82, 2.24) is 0 Å². The van der Waals surface area contributed by atoms with Gasteiger partial charge in [0.1, 0.15) is 0 Å². The van der Waals surface area contributed by atoms with Gasteiger partial charge in [0.25, 0.3) is 0 Å². The van der Waals surface area contributed by atoms with Gasteiger partial charge in [0.15, 0.2) is 0 Å². The summed E-state index contributed by atoms with van der Waals surface area (Å²) in [5.41, 5.74) is 6.24. The molecule has 15 heavy (non-hydrogen) atoms. The first-order chi connectivity index (χ1) is 7.08. The lowest BCUT2D eigenvalue weighted by Crippen LogP contribution is -2.15. The molecule has 0 fully saturated rings. The highest BCUT2D eigenvalue weighted by atomic mass is 32.2. The Kier molecular flexibility index (Phi) is 4.45. The Morgan fingerprint density at radius 1 is 1.53 bits per heavy atom. The number of benzene rings is 1. The molecule has 0 saturated heterocycles. The lowest BCUT2D eigenvalue weighted by Gasteiger charge is -2.07. The number of carboxylic acid groups (broad SMARTS) is 1. The van der Waals surface area contributed by atoms with Crippen molar-refractivity contribution in [1.29, 1.82) is 0 Å². The van der Waals surface area contributed by atoms with Crippen molar-refractivity contribution >= 4 is 23.4 Å². The van der Waals surface area contributed by atoms with Crippen LogP contribution in [-0.2, 0) is 4.79 Å². The molecule has 0 heterocycles. The van der Waals surface area contributed by atoms with E-state index in [4.69, 9.17) is 10.8 Å². The fourth-order valence-corrected chi connectivity index (χ4v) is 1.95. The van der Waals surface area contributed by atoms with Crippen LogP contribution in [0.2, 0.25) is 0 Å².